The van der Waals surface area contributed by atoms with Gasteiger partial charge >= 0.3 is 0 Å². The van der Waals surface area contributed by atoms with Crippen LogP contribution in [-0.4, -0.2) is 6.54 Å². The smallest absolute Gasteiger partial charge is 0.0441 e. The Morgan fingerprint density at radius 3 is 2.78 bits per heavy atom. The molecule has 0 aliphatic heterocycles. The van der Waals surface area contributed by atoms with Crippen LogP contribution in [0.5, 0.6) is 0 Å². The minimum atomic E-state index is 0.535. The Hall–Kier alpha value is -0.830. The molecule has 0 aliphatic carbocycles. The van der Waals surface area contributed by atoms with Crippen molar-refractivity contribution in [1.82, 2.24) is 0 Å². The zero-order valence-electron chi connectivity index (χ0n) is 10.7. The SMILES string of the molecule is Cc1c(Cl)cccc1-c1ccc(C(C)CCN)s1. The third-order valence-electron chi connectivity index (χ3n) is 3.25. The number of halogens is 1. The molecule has 0 bridgehead atoms. The van der Waals surface area contributed by atoms with Gasteiger partial charge in [0.15, 0.2) is 0 Å². The first kappa shape index (κ1) is 13.6. The zero-order valence-corrected chi connectivity index (χ0v) is 12.3. The predicted octanol–water partition coefficient (Wildman–Crippen LogP) is 4.83. The average Bonchev–Trinajstić information content (AvgIpc) is 2.82. The molecule has 0 fully saturated rings. The molecule has 1 aromatic heterocycles. The highest BCUT2D eigenvalue weighted by Gasteiger charge is 2.11. The molecule has 0 saturated heterocycles. The van der Waals surface area contributed by atoms with E-state index in [1.165, 1.54) is 15.3 Å². The van der Waals surface area contributed by atoms with Crippen molar-refractivity contribution < 1.29 is 0 Å². The van der Waals surface area contributed by atoms with E-state index in [9.17, 15) is 0 Å². The standard InChI is InChI=1S/C15H18ClNS/c1-10(8-9-17)14-6-7-15(18-14)12-4-3-5-13(16)11(12)2/h3-7,10H,8-9,17H2,1-2H3. The normalized spacial score (nSPS) is 12.7. The minimum absolute atomic E-state index is 0.535. The Morgan fingerprint density at radius 2 is 2.06 bits per heavy atom. The summed E-state index contributed by atoms with van der Waals surface area (Å²) in [5.74, 6) is 0.535. The van der Waals surface area contributed by atoms with Gasteiger partial charge in [-0.2, -0.15) is 0 Å². The van der Waals surface area contributed by atoms with E-state index in [4.69, 9.17) is 17.3 Å². The fourth-order valence-electron chi connectivity index (χ4n) is 2.03. The lowest BCUT2D eigenvalue weighted by Crippen LogP contribution is -2.03. The first-order valence-electron chi connectivity index (χ1n) is 6.18. The molecule has 2 rings (SSSR count). The minimum Gasteiger partial charge on any atom is -0.330 e. The molecule has 3 heteroatoms. The second kappa shape index (κ2) is 5.87. The first-order chi connectivity index (χ1) is 8.63. The molecule has 1 aromatic carbocycles. The Kier molecular flexibility index (Phi) is 4.44. The molecular formula is C15H18ClNS. The van der Waals surface area contributed by atoms with Crippen molar-refractivity contribution in [2.75, 3.05) is 6.54 Å². The van der Waals surface area contributed by atoms with E-state index >= 15 is 0 Å². The highest BCUT2D eigenvalue weighted by atomic mass is 35.5. The molecule has 1 unspecified atom stereocenters. The molecule has 1 atom stereocenters. The summed E-state index contributed by atoms with van der Waals surface area (Å²) in [6, 6.07) is 10.5. The lowest BCUT2D eigenvalue weighted by molar-refractivity contribution is 0.701. The van der Waals surface area contributed by atoms with Crippen molar-refractivity contribution in [3.63, 3.8) is 0 Å². The van der Waals surface area contributed by atoms with Crippen LogP contribution in [0.2, 0.25) is 5.02 Å². The van der Waals surface area contributed by atoms with Gasteiger partial charge in [0.05, 0.1) is 0 Å². The number of rotatable bonds is 4. The third-order valence-corrected chi connectivity index (χ3v) is 5.00. The van der Waals surface area contributed by atoms with Gasteiger partial charge in [0.25, 0.3) is 0 Å². The summed E-state index contributed by atoms with van der Waals surface area (Å²) in [5, 5.41) is 0.831. The zero-order chi connectivity index (χ0) is 13.1. The molecule has 0 amide bonds. The Labute approximate surface area is 118 Å². The second-order valence-corrected chi connectivity index (χ2v) is 6.12. The van der Waals surface area contributed by atoms with E-state index in [1.807, 2.05) is 23.5 Å². The Bertz CT molecular complexity index is 533. The van der Waals surface area contributed by atoms with Crippen LogP contribution in [0.25, 0.3) is 10.4 Å². The molecule has 1 nitrogen and oxygen atoms in total. The van der Waals surface area contributed by atoms with Crippen molar-refractivity contribution in [3.05, 3.63) is 45.8 Å². The molecule has 96 valence electrons. The number of nitrogens with two attached hydrogens (primary N) is 1. The van der Waals surface area contributed by atoms with Gasteiger partial charge in [0.1, 0.15) is 0 Å². The summed E-state index contributed by atoms with van der Waals surface area (Å²) in [4.78, 5) is 2.68. The van der Waals surface area contributed by atoms with Gasteiger partial charge in [-0.3, -0.25) is 0 Å². The highest BCUT2D eigenvalue weighted by Crippen LogP contribution is 2.36. The highest BCUT2D eigenvalue weighted by molar-refractivity contribution is 7.15. The maximum absolute atomic E-state index is 6.17. The van der Waals surface area contributed by atoms with Crippen molar-refractivity contribution in [2.45, 2.75) is 26.2 Å². The van der Waals surface area contributed by atoms with Crippen LogP contribution in [0.15, 0.2) is 30.3 Å². The van der Waals surface area contributed by atoms with E-state index in [-0.39, 0.29) is 0 Å². The van der Waals surface area contributed by atoms with E-state index in [1.54, 1.807) is 0 Å². The molecule has 0 spiro atoms. The molecule has 1 heterocycles. The molecule has 0 aliphatic rings. The Balaban J connectivity index is 2.32. The van der Waals surface area contributed by atoms with Gasteiger partial charge in [0, 0.05) is 14.8 Å². The van der Waals surface area contributed by atoms with Gasteiger partial charge in [0.2, 0.25) is 0 Å². The topological polar surface area (TPSA) is 26.0 Å². The van der Waals surface area contributed by atoms with Crippen LogP contribution < -0.4 is 5.73 Å². The van der Waals surface area contributed by atoms with E-state index in [0.717, 1.165) is 23.6 Å². The van der Waals surface area contributed by atoms with Crippen LogP contribution >= 0.6 is 22.9 Å². The molecule has 18 heavy (non-hydrogen) atoms. The lowest BCUT2D eigenvalue weighted by Gasteiger charge is -2.07. The molecule has 0 saturated carbocycles. The summed E-state index contributed by atoms with van der Waals surface area (Å²) < 4.78 is 0. The molecule has 2 aromatic rings. The fraction of sp³-hybridized carbons (Fsp3) is 0.333. The van der Waals surface area contributed by atoms with Gasteiger partial charge < -0.3 is 5.73 Å². The fourth-order valence-corrected chi connectivity index (χ4v) is 3.38. The van der Waals surface area contributed by atoms with Gasteiger partial charge in [-0.15, -0.1) is 11.3 Å². The van der Waals surface area contributed by atoms with E-state index < -0.39 is 0 Å². The van der Waals surface area contributed by atoms with Crippen molar-refractivity contribution in [1.29, 1.82) is 0 Å². The van der Waals surface area contributed by atoms with E-state index in [0.29, 0.717) is 5.92 Å². The number of hydrogen-bond donors (Lipinski definition) is 1. The number of benzene rings is 1. The summed E-state index contributed by atoms with van der Waals surface area (Å²) in [5.41, 5.74) is 8.00. The quantitative estimate of drug-likeness (QED) is 0.852. The molecular weight excluding hydrogens is 262 g/mol. The Morgan fingerprint density at radius 1 is 1.28 bits per heavy atom. The predicted molar refractivity (Wildman–Crippen MR) is 81.6 cm³/mol. The summed E-state index contributed by atoms with van der Waals surface area (Å²) in [6.07, 6.45) is 1.04. The monoisotopic (exact) mass is 279 g/mol. The number of hydrogen-bond acceptors (Lipinski definition) is 2. The van der Waals surface area contributed by atoms with Gasteiger partial charge in [-0.05, 0) is 55.1 Å². The maximum Gasteiger partial charge on any atom is 0.0441 e. The van der Waals surface area contributed by atoms with Crippen LogP contribution in [0.1, 0.15) is 29.7 Å². The maximum atomic E-state index is 6.17. The summed E-state index contributed by atoms with van der Waals surface area (Å²) >= 11 is 8.01. The van der Waals surface area contributed by atoms with Crippen LogP contribution in [0.3, 0.4) is 0 Å². The van der Waals surface area contributed by atoms with Crippen LogP contribution in [0, 0.1) is 6.92 Å². The lowest BCUT2D eigenvalue weighted by atomic mass is 10.1. The second-order valence-electron chi connectivity index (χ2n) is 4.59. The summed E-state index contributed by atoms with van der Waals surface area (Å²) in [7, 11) is 0. The third kappa shape index (κ3) is 2.77. The van der Waals surface area contributed by atoms with Crippen molar-refractivity contribution in [2.24, 2.45) is 5.73 Å². The van der Waals surface area contributed by atoms with Gasteiger partial charge in [-0.1, -0.05) is 30.7 Å². The average molecular weight is 280 g/mol. The van der Waals surface area contributed by atoms with Gasteiger partial charge in [-0.25, -0.2) is 0 Å². The summed E-state index contributed by atoms with van der Waals surface area (Å²) in [6.45, 7) is 5.04. The molecule has 2 N–H and O–H groups in total. The van der Waals surface area contributed by atoms with Crippen molar-refractivity contribution >= 4 is 22.9 Å². The largest absolute Gasteiger partial charge is 0.330 e. The number of thiophene rings is 1. The van der Waals surface area contributed by atoms with Crippen LogP contribution in [-0.2, 0) is 0 Å². The van der Waals surface area contributed by atoms with Crippen LogP contribution in [0.4, 0.5) is 0 Å². The van der Waals surface area contributed by atoms with E-state index in [2.05, 4.69) is 32.0 Å². The first-order valence-corrected chi connectivity index (χ1v) is 7.38. The molecule has 0 radical (unpaired) electrons. The van der Waals surface area contributed by atoms with Crippen molar-refractivity contribution in [3.8, 4) is 10.4 Å².